The molecule has 6 heteroatoms. The lowest BCUT2D eigenvalue weighted by Gasteiger charge is -2.28. The van der Waals surface area contributed by atoms with Gasteiger partial charge in [-0.05, 0) is 18.8 Å². The van der Waals surface area contributed by atoms with Crippen LogP contribution >= 0.6 is 11.6 Å². The standard InChI is InChI=1S/C11H18ClN5/c1-7-3-2-4-8(5-7)15-10-9(12)6-14-11(16-10)17-13/h6-8H,2-5,13H2,1H3,(H2,14,15,16,17). The van der Waals surface area contributed by atoms with Gasteiger partial charge in [-0.25, -0.2) is 10.8 Å². The molecule has 1 saturated carbocycles. The van der Waals surface area contributed by atoms with E-state index in [4.69, 9.17) is 17.4 Å². The molecule has 5 nitrogen and oxygen atoms in total. The number of anilines is 2. The van der Waals surface area contributed by atoms with E-state index in [1.54, 1.807) is 6.20 Å². The van der Waals surface area contributed by atoms with E-state index in [0.29, 0.717) is 22.8 Å². The van der Waals surface area contributed by atoms with Gasteiger partial charge in [0.05, 0.1) is 6.20 Å². The van der Waals surface area contributed by atoms with Crippen LogP contribution in [0.15, 0.2) is 6.20 Å². The lowest BCUT2D eigenvalue weighted by atomic mass is 9.87. The van der Waals surface area contributed by atoms with Gasteiger partial charge in [0.25, 0.3) is 0 Å². The molecule has 1 aromatic rings. The maximum atomic E-state index is 6.05. The van der Waals surface area contributed by atoms with E-state index >= 15 is 0 Å². The highest BCUT2D eigenvalue weighted by Gasteiger charge is 2.20. The molecule has 2 rings (SSSR count). The molecule has 4 N–H and O–H groups in total. The zero-order valence-electron chi connectivity index (χ0n) is 9.91. The summed E-state index contributed by atoms with van der Waals surface area (Å²) >= 11 is 6.05. The van der Waals surface area contributed by atoms with Crippen molar-refractivity contribution in [2.75, 3.05) is 10.7 Å². The molecular formula is C11H18ClN5. The maximum absolute atomic E-state index is 6.05. The molecule has 0 saturated heterocycles. The smallest absolute Gasteiger partial charge is 0.239 e. The molecule has 0 spiro atoms. The van der Waals surface area contributed by atoms with Gasteiger partial charge in [0, 0.05) is 6.04 Å². The van der Waals surface area contributed by atoms with Crippen molar-refractivity contribution in [3.8, 4) is 0 Å². The van der Waals surface area contributed by atoms with Crippen LogP contribution in [0.3, 0.4) is 0 Å². The van der Waals surface area contributed by atoms with Crippen molar-refractivity contribution < 1.29 is 0 Å². The summed E-state index contributed by atoms with van der Waals surface area (Å²) in [5.74, 6) is 7.07. The largest absolute Gasteiger partial charge is 0.366 e. The van der Waals surface area contributed by atoms with Crippen LogP contribution in [0, 0.1) is 5.92 Å². The molecule has 2 unspecified atom stereocenters. The Morgan fingerprint density at radius 2 is 2.29 bits per heavy atom. The Kier molecular flexibility index (Phi) is 4.02. The fourth-order valence-corrected chi connectivity index (χ4v) is 2.44. The topological polar surface area (TPSA) is 75.9 Å². The number of hydrogen-bond donors (Lipinski definition) is 3. The highest BCUT2D eigenvalue weighted by Crippen LogP contribution is 2.28. The van der Waals surface area contributed by atoms with Crippen molar-refractivity contribution in [3.05, 3.63) is 11.2 Å². The highest BCUT2D eigenvalue weighted by atomic mass is 35.5. The lowest BCUT2D eigenvalue weighted by molar-refractivity contribution is 0.358. The zero-order valence-corrected chi connectivity index (χ0v) is 10.7. The number of halogens is 1. The van der Waals surface area contributed by atoms with Crippen LogP contribution in [-0.2, 0) is 0 Å². The second-order valence-corrected chi connectivity index (χ2v) is 5.05. The quantitative estimate of drug-likeness (QED) is 0.571. The van der Waals surface area contributed by atoms with Crippen LogP contribution in [0.1, 0.15) is 32.6 Å². The average molecular weight is 256 g/mol. The van der Waals surface area contributed by atoms with Crippen LogP contribution < -0.4 is 16.6 Å². The first kappa shape index (κ1) is 12.4. The van der Waals surface area contributed by atoms with Gasteiger partial charge in [-0.3, -0.25) is 5.43 Å². The molecule has 1 heterocycles. The number of nitrogens with one attached hydrogen (secondary N) is 2. The maximum Gasteiger partial charge on any atom is 0.239 e. The fraction of sp³-hybridized carbons (Fsp3) is 0.636. The molecule has 1 aliphatic carbocycles. The molecule has 1 aliphatic rings. The number of nitrogens with zero attached hydrogens (tertiary/aromatic N) is 2. The van der Waals surface area contributed by atoms with Crippen molar-refractivity contribution in [1.29, 1.82) is 0 Å². The van der Waals surface area contributed by atoms with E-state index in [1.807, 2.05) is 0 Å². The normalized spacial score (nSPS) is 24.4. The summed E-state index contributed by atoms with van der Waals surface area (Å²) < 4.78 is 0. The predicted molar refractivity (Wildman–Crippen MR) is 69.9 cm³/mol. The average Bonchev–Trinajstić information content (AvgIpc) is 2.32. The molecule has 2 atom stereocenters. The number of aromatic nitrogens is 2. The van der Waals surface area contributed by atoms with Gasteiger partial charge < -0.3 is 5.32 Å². The number of nitrogens with two attached hydrogens (primary N) is 1. The molecule has 0 aliphatic heterocycles. The van der Waals surface area contributed by atoms with Gasteiger partial charge in [-0.15, -0.1) is 0 Å². The third-order valence-electron chi connectivity index (χ3n) is 3.15. The summed E-state index contributed by atoms with van der Waals surface area (Å²) in [6.45, 7) is 2.28. The molecule has 94 valence electrons. The molecule has 0 amide bonds. The first-order valence-electron chi connectivity index (χ1n) is 5.94. The minimum atomic E-state index is 0.376. The number of nitrogen functional groups attached to an aromatic ring is 1. The number of hydrogen-bond acceptors (Lipinski definition) is 5. The molecule has 0 bridgehead atoms. The minimum Gasteiger partial charge on any atom is -0.366 e. The third kappa shape index (κ3) is 3.20. The molecule has 1 fully saturated rings. The summed E-state index contributed by atoms with van der Waals surface area (Å²) in [4.78, 5) is 8.17. The van der Waals surface area contributed by atoms with E-state index in [1.165, 1.54) is 12.8 Å². The van der Waals surface area contributed by atoms with Crippen LogP contribution in [-0.4, -0.2) is 16.0 Å². The summed E-state index contributed by atoms with van der Waals surface area (Å²) in [6.07, 6.45) is 6.44. The Balaban J connectivity index is 2.06. The first-order valence-corrected chi connectivity index (χ1v) is 6.32. The molecule has 0 aromatic carbocycles. The number of hydrazine groups is 1. The van der Waals surface area contributed by atoms with Crippen molar-refractivity contribution in [2.24, 2.45) is 11.8 Å². The highest BCUT2D eigenvalue weighted by molar-refractivity contribution is 6.32. The van der Waals surface area contributed by atoms with E-state index in [2.05, 4.69) is 27.6 Å². The fourth-order valence-electron chi connectivity index (χ4n) is 2.30. The van der Waals surface area contributed by atoms with Gasteiger partial charge in [-0.2, -0.15) is 4.98 Å². The Bertz CT molecular complexity index is 384. The van der Waals surface area contributed by atoms with E-state index < -0.39 is 0 Å². The van der Waals surface area contributed by atoms with Crippen molar-refractivity contribution >= 4 is 23.4 Å². The van der Waals surface area contributed by atoms with Gasteiger partial charge in [0.15, 0.2) is 5.82 Å². The van der Waals surface area contributed by atoms with Crippen LogP contribution in [0.5, 0.6) is 0 Å². The van der Waals surface area contributed by atoms with Gasteiger partial charge in [-0.1, -0.05) is 31.4 Å². The Morgan fingerprint density at radius 3 is 3.00 bits per heavy atom. The third-order valence-corrected chi connectivity index (χ3v) is 3.43. The SMILES string of the molecule is CC1CCCC(Nc2nc(NN)ncc2Cl)C1. The second-order valence-electron chi connectivity index (χ2n) is 4.65. The predicted octanol–water partition coefficient (Wildman–Crippen LogP) is 2.41. The van der Waals surface area contributed by atoms with Gasteiger partial charge in [0.1, 0.15) is 5.02 Å². The molecule has 1 aromatic heterocycles. The van der Waals surface area contributed by atoms with Gasteiger partial charge in [0.2, 0.25) is 5.95 Å². The van der Waals surface area contributed by atoms with E-state index in [-0.39, 0.29) is 0 Å². The summed E-state index contributed by atoms with van der Waals surface area (Å²) in [5, 5.41) is 3.91. The van der Waals surface area contributed by atoms with Crippen molar-refractivity contribution in [1.82, 2.24) is 9.97 Å². The lowest BCUT2D eigenvalue weighted by Crippen LogP contribution is -2.27. The molecule has 0 radical (unpaired) electrons. The monoisotopic (exact) mass is 255 g/mol. The van der Waals surface area contributed by atoms with E-state index in [9.17, 15) is 0 Å². The van der Waals surface area contributed by atoms with Crippen molar-refractivity contribution in [2.45, 2.75) is 38.6 Å². The van der Waals surface area contributed by atoms with Crippen LogP contribution in [0.25, 0.3) is 0 Å². The summed E-state index contributed by atoms with van der Waals surface area (Å²) in [7, 11) is 0. The Labute approximate surface area is 106 Å². The van der Waals surface area contributed by atoms with Crippen LogP contribution in [0.2, 0.25) is 5.02 Å². The van der Waals surface area contributed by atoms with Crippen LogP contribution in [0.4, 0.5) is 11.8 Å². The molecule has 17 heavy (non-hydrogen) atoms. The van der Waals surface area contributed by atoms with Gasteiger partial charge >= 0.3 is 0 Å². The van der Waals surface area contributed by atoms with Crippen molar-refractivity contribution in [3.63, 3.8) is 0 Å². The molecular weight excluding hydrogens is 238 g/mol. The second kappa shape index (κ2) is 5.51. The Hall–Kier alpha value is -1.07. The first-order chi connectivity index (χ1) is 8.19. The van der Waals surface area contributed by atoms with E-state index in [0.717, 1.165) is 18.8 Å². The summed E-state index contributed by atoms with van der Waals surface area (Å²) in [5.41, 5.74) is 2.42. The Morgan fingerprint density at radius 1 is 1.47 bits per heavy atom. The minimum absolute atomic E-state index is 0.376. The zero-order chi connectivity index (χ0) is 12.3. The summed E-state index contributed by atoms with van der Waals surface area (Å²) in [6, 6.07) is 0.441. The number of rotatable bonds is 3.